The van der Waals surface area contributed by atoms with Crippen LogP contribution in [0, 0.1) is 0 Å². The van der Waals surface area contributed by atoms with E-state index in [9.17, 15) is 26.4 Å². The third-order valence-corrected chi connectivity index (χ3v) is 5.96. The number of piperazine rings is 1. The van der Waals surface area contributed by atoms with Gasteiger partial charge in [-0.25, -0.2) is 8.42 Å². The lowest BCUT2D eigenvalue weighted by Gasteiger charge is -2.33. The maximum atomic E-state index is 12.9. The summed E-state index contributed by atoms with van der Waals surface area (Å²) >= 11 is 5.52. The fourth-order valence-electron chi connectivity index (χ4n) is 2.43. The summed E-state index contributed by atoms with van der Waals surface area (Å²) in [5.74, 6) is -0.231. The molecule has 0 N–H and O–H groups in total. The molecule has 10 heteroatoms. The van der Waals surface area contributed by atoms with Gasteiger partial charge in [0.2, 0.25) is 15.9 Å². The lowest BCUT2D eigenvalue weighted by Crippen LogP contribution is -2.50. The number of hydrogen-bond donors (Lipinski definition) is 0. The van der Waals surface area contributed by atoms with Crippen LogP contribution in [0.15, 0.2) is 35.2 Å². The van der Waals surface area contributed by atoms with Crippen LogP contribution in [0.2, 0.25) is 5.02 Å². The molecule has 0 bridgehead atoms. The molecule has 0 atom stereocenters. The van der Waals surface area contributed by atoms with Crippen molar-refractivity contribution in [3.8, 4) is 0 Å². The minimum atomic E-state index is -4.75. The van der Waals surface area contributed by atoms with Crippen LogP contribution in [0.4, 0.5) is 13.2 Å². The van der Waals surface area contributed by atoms with Gasteiger partial charge in [-0.15, -0.1) is 0 Å². The molecule has 0 spiro atoms. The third kappa shape index (κ3) is 4.34. The van der Waals surface area contributed by atoms with Crippen LogP contribution in [-0.2, 0) is 21.0 Å². The van der Waals surface area contributed by atoms with Crippen molar-refractivity contribution in [1.29, 1.82) is 0 Å². The number of benzene rings is 1. The van der Waals surface area contributed by atoms with Crippen LogP contribution in [-0.4, -0.2) is 49.7 Å². The Balaban J connectivity index is 2.22. The summed E-state index contributed by atoms with van der Waals surface area (Å²) in [6.07, 6.45) is -1.79. The molecule has 25 heavy (non-hydrogen) atoms. The highest BCUT2D eigenvalue weighted by atomic mass is 35.5. The zero-order valence-electron chi connectivity index (χ0n) is 13.3. The van der Waals surface area contributed by atoms with Gasteiger partial charge in [0.05, 0.1) is 15.5 Å². The predicted molar refractivity (Wildman–Crippen MR) is 86.6 cm³/mol. The van der Waals surface area contributed by atoms with Crippen molar-refractivity contribution in [2.24, 2.45) is 0 Å². The van der Waals surface area contributed by atoms with Crippen molar-refractivity contribution < 1.29 is 26.4 Å². The Morgan fingerprint density at radius 3 is 2.32 bits per heavy atom. The fraction of sp³-hybridized carbons (Fsp3) is 0.400. The Bertz CT molecular complexity index is 786. The van der Waals surface area contributed by atoms with E-state index in [-0.39, 0.29) is 32.1 Å². The second-order valence-corrected chi connectivity index (χ2v) is 7.71. The Labute approximate surface area is 148 Å². The molecule has 1 aliphatic heterocycles. The van der Waals surface area contributed by atoms with Crippen molar-refractivity contribution in [1.82, 2.24) is 9.21 Å². The molecule has 1 aliphatic rings. The molecule has 0 saturated carbocycles. The zero-order valence-corrected chi connectivity index (χ0v) is 14.8. The number of carbonyl (C=O) groups excluding carboxylic acids is 1. The Morgan fingerprint density at radius 2 is 1.80 bits per heavy atom. The number of hydrogen-bond acceptors (Lipinski definition) is 3. The van der Waals surface area contributed by atoms with Crippen molar-refractivity contribution >= 4 is 27.5 Å². The SMILES string of the molecule is C/C=C/C(=O)N1CCN(S(=O)(=O)c2ccc(Cl)c(C(F)(F)F)c2)CC1. The first-order valence-electron chi connectivity index (χ1n) is 7.36. The number of carbonyl (C=O) groups is 1. The van der Waals surface area contributed by atoms with Crippen molar-refractivity contribution in [2.45, 2.75) is 18.0 Å². The number of rotatable bonds is 3. The number of sulfonamides is 1. The highest BCUT2D eigenvalue weighted by Gasteiger charge is 2.36. The molecule has 1 aromatic rings. The molecule has 0 aliphatic carbocycles. The van der Waals surface area contributed by atoms with E-state index in [2.05, 4.69) is 0 Å². The van der Waals surface area contributed by atoms with Crippen LogP contribution < -0.4 is 0 Å². The maximum Gasteiger partial charge on any atom is 0.417 e. The van der Waals surface area contributed by atoms with E-state index in [0.717, 1.165) is 16.4 Å². The molecule has 1 amide bonds. The van der Waals surface area contributed by atoms with Crippen LogP contribution in [0.5, 0.6) is 0 Å². The lowest BCUT2D eigenvalue weighted by molar-refractivity contribution is -0.137. The van der Waals surface area contributed by atoms with Gasteiger partial charge < -0.3 is 4.90 Å². The monoisotopic (exact) mass is 396 g/mol. The molecule has 1 aromatic carbocycles. The van der Waals surface area contributed by atoms with Gasteiger partial charge >= 0.3 is 6.18 Å². The smallest absolute Gasteiger partial charge is 0.337 e. The number of amides is 1. The van der Waals surface area contributed by atoms with E-state index in [1.54, 1.807) is 13.0 Å². The van der Waals surface area contributed by atoms with Crippen LogP contribution >= 0.6 is 11.6 Å². The Morgan fingerprint density at radius 1 is 1.20 bits per heavy atom. The molecule has 1 saturated heterocycles. The quantitative estimate of drug-likeness (QED) is 0.738. The number of halogens is 4. The third-order valence-electron chi connectivity index (χ3n) is 3.74. The van der Waals surface area contributed by atoms with Gasteiger partial charge in [0, 0.05) is 26.2 Å². The molecule has 5 nitrogen and oxygen atoms in total. The summed E-state index contributed by atoms with van der Waals surface area (Å²) in [5.41, 5.74) is -1.20. The van der Waals surface area contributed by atoms with E-state index in [4.69, 9.17) is 11.6 Å². The van der Waals surface area contributed by atoms with E-state index >= 15 is 0 Å². The molecule has 0 unspecified atom stereocenters. The Hall–Kier alpha value is -1.58. The molecule has 0 aromatic heterocycles. The average Bonchev–Trinajstić information content (AvgIpc) is 2.54. The largest absolute Gasteiger partial charge is 0.417 e. The van der Waals surface area contributed by atoms with Crippen LogP contribution in [0.3, 0.4) is 0 Å². The summed E-state index contributed by atoms with van der Waals surface area (Å²) in [4.78, 5) is 12.8. The lowest BCUT2D eigenvalue weighted by atomic mass is 10.2. The first-order valence-corrected chi connectivity index (χ1v) is 9.17. The van der Waals surface area contributed by atoms with Gasteiger partial charge in [-0.1, -0.05) is 17.7 Å². The van der Waals surface area contributed by atoms with E-state index in [0.29, 0.717) is 6.07 Å². The molecule has 0 radical (unpaired) electrons. The van der Waals surface area contributed by atoms with Gasteiger partial charge in [-0.3, -0.25) is 4.79 Å². The standard InChI is InChI=1S/C15H16ClF3N2O3S/c1-2-3-14(22)20-6-8-21(9-7-20)25(23,24)11-4-5-13(16)12(10-11)15(17,18)19/h2-5,10H,6-9H2,1H3/b3-2+. The van der Waals surface area contributed by atoms with E-state index < -0.39 is 31.7 Å². The van der Waals surface area contributed by atoms with Crippen molar-refractivity contribution in [2.75, 3.05) is 26.2 Å². The number of allylic oxidation sites excluding steroid dienone is 1. The zero-order chi connectivity index (χ0) is 18.8. The van der Waals surface area contributed by atoms with E-state index in [1.807, 2.05) is 0 Å². The van der Waals surface area contributed by atoms with E-state index in [1.165, 1.54) is 11.0 Å². The summed E-state index contributed by atoms with van der Waals surface area (Å²) in [7, 11) is -4.10. The summed E-state index contributed by atoms with van der Waals surface area (Å²) < 4.78 is 65.0. The first kappa shape index (κ1) is 19.7. The highest BCUT2D eigenvalue weighted by molar-refractivity contribution is 7.89. The maximum absolute atomic E-state index is 12.9. The molecule has 138 valence electrons. The summed E-state index contributed by atoms with van der Waals surface area (Å²) in [6, 6.07) is 2.50. The second-order valence-electron chi connectivity index (χ2n) is 5.37. The van der Waals surface area contributed by atoms with Gasteiger partial charge in [0.1, 0.15) is 0 Å². The Kier molecular flexibility index (Phi) is 5.80. The van der Waals surface area contributed by atoms with Crippen LogP contribution in [0.1, 0.15) is 12.5 Å². The molecule has 1 heterocycles. The first-order chi connectivity index (χ1) is 11.6. The van der Waals surface area contributed by atoms with Gasteiger partial charge in [0.15, 0.2) is 0 Å². The fourth-order valence-corrected chi connectivity index (χ4v) is 4.10. The molecule has 1 fully saturated rings. The van der Waals surface area contributed by atoms with Crippen molar-refractivity contribution in [3.63, 3.8) is 0 Å². The average molecular weight is 397 g/mol. The molecular weight excluding hydrogens is 381 g/mol. The summed E-state index contributed by atoms with van der Waals surface area (Å²) in [6.45, 7) is 2.05. The minimum absolute atomic E-state index is 0.00953. The van der Waals surface area contributed by atoms with Gasteiger partial charge in [-0.05, 0) is 31.2 Å². The molecular formula is C15H16ClF3N2O3S. The number of alkyl halides is 3. The minimum Gasteiger partial charge on any atom is -0.337 e. The predicted octanol–water partition coefficient (Wildman–Crippen LogP) is 2.77. The van der Waals surface area contributed by atoms with Gasteiger partial charge in [-0.2, -0.15) is 17.5 Å². The van der Waals surface area contributed by atoms with Crippen molar-refractivity contribution in [3.05, 3.63) is 40.9 Å². The molecule has 2 rings (SSSR count). The van der Waals surface area contributed by atoms with Crippen LogP contribution in [0.25, 0.3) is 0 Å². The summed E-state index contributed by atoms with van der Waals surface area (Å²) in [5, 5.41) is -0.562. The number of nitrogens with zero attached hydrogens (tertiary/aromatic N) is 2. The topological polar surface area (TPSA) is 57.7 Å². The second kappa shape index (κ2) is 7.35. The normalized spacial score (nSPS) is 17.2. The highest BCUT2D eigenvalue weighted by Crippen LogP contribution is 2.36. The van der Waals surface area contributed by atoms with Gasteiger partial charge in [0.25, 0.3) is 0 Å².